The van der Waals surface area contributed by atoms with Gasteiger partial charge in [0.1, 0.15) is 17.2 Å². The number of hydrogen-bond acceptors (Lipinski definition) is 10. The zero-order valence-electron chi connectivity index (χ0n) is 23.1. The van der Waals surface area contributed by atoms with Gasteiger partial charge < -0.3 is 15.5 Å². The molecule has 0 radical (unpaired) electrons. The molecule has 0 bridgehead atoms. The van der Waals surface area contributed by atoms with E-state index in [0.717, 1.165) is 47.2 Å². The first-order valence-electron chi connectivity index (χ1n) is 13.5. The molecule has 11 nitrogen and oxygen atoms in total. The van der Waals surface area contributed by atoms with Crippen molar-refractivity contribution in [2.75, 3.05) is 24.2 Å². The highest BCUT2D eigenvalue weighted by Gasteiger charge is 2.57. The number of fused-ring (bicyclic) bond motifs is 1. The zero-order chi connectivity index (χ0) is 28.9. The van der Waals surface area contributed by atoms with E-state index >= 15 is 0 Å². The molecule has 216 valence electrons. The van der Waals surface area contributed by atoms with Gasteiger partial charge in [-0.3, -0.25) is 0 Å². The van der Waals surface area contributed by atoms with E-state index < -0.39 is 16.1 Å². The number of urea groups is 1. The molecule has 1 spiro atoms. The largest absolute Gasteiger partial charge is 0.356 e. The van der Waals surface area contributed by atoms with E-state index in [4.69, 9.17) is 10.7 Å². The third kappa shape index (κ3) is 4.75. The maximum absolute atomic E-state index is 13.4. The molecule has 6 rings (SSSR count). The predicted octanol–water partition coefficient (Wildman–Crippen LogP) is 4.44. The van der Waals surface area contributed by atoms with Gasteiger partial charge in [-0.15, -0.1) is 0 Å². The number of carbonyl (C=O) groups is 1. The normalized spacial score (nSPS) is 22.7. The zero-order valence-corrected chi connectivity index (χ0v) is 25.5. The smallest absolute Gasteiger partial charge is 0.315 e. The Kier molecular flexibility index (Phi) is 7.19. The molecule has 1 unspecified atom stereocenters. The molecule has 4 aromatic rings. The fourth-order valence-electron chi connectivity index (χ4n) is 6.24. The van der Waals surface area contributed by atoms with E-state index in [2.05, 4.69) is 26.2 Å². The van der Waals surface area contributed by atoms with Crippen LogP contribution in [0.5, 0.6) is 0 Å². The summed E-state index contributed by atoms with van der Waals surface area (Å²) in [5, 5.41) is 2.28. The summed E-state index contributed by atoms with van der Waals surface area (Å²) in [6.45, 7) is 4.60. The van der Waals surface area contributed by atoms with Crippen LogP contribution < -0.4 is 10.6 Å². The second kappa shape index (κ2) is 10.6. The standard InChI is InChI=1S/C27H32N8O3S3/c1-4-39-26-31-24(40-32-26)21-27(15-34(21)25(28)36)12-9-18(10-13-27)33(3)22-20-11-14-35(23(20)30-16-29-22)41(37,38)19-7-5-17(2)6-8-19/h5-8,11,14,16,18,21H,4,9-10,12-13,15H2,1-3H3,(H2,28,36). The first-order chi connectivity index (χ1) is 19.6. The number of thioether (sulfide) groups is 1. The summed E-state index contributed by atoms with van der Waals surface area (Å²) in [7, 11) is -1.81. The highest BCUT2D eigenvalue weighted by Crippen LogP contribution is 2.57. The SMILES string of the molecule is CCSc1nsc(C2N(C(N)=O)CC23CCC(N(C)c2ncnc4c2ccn4S(=O)(=O)c2ccc(C)cc2)CC3)n1. The number of amides is 2. The van der Waals surface area contributed by atoms with Gasteiger partial charge in [-0.05, 0) is 68.1 Å². The Morgan fingerprint density at radius 1 is 1.20 bits per heavy atom. The molecule has 2 aliphatic rings. The maximum Gasteiger partial charge on any atom is 0.315 e. The van der Waals surface area contributed by atoms with E-state index in [-0.39, 0.29) is 22.4 Å². The van der Waals surface area contributed by atoms with Crippen molar-refractivity contribution in [1.82, 2.24) is 28.2 Å². The molecule has 14 heteroatoms. The van der Waals surface area contributed by atoms with Crippen molar-refractivity contribution >= 4 is 56.2 Å². The Bertz CT molecular complexity index is 1690. The van der Waals surface area contributed by atoms with Crippen molar-refractivity contribution in [3.63, 3.8) is 0 Å². The Morgan fingerprint density at radius 3 is 2.61 bits per heavy atom. The number of aromatic nitrogens is 5. The van der Waals surface area contributed by atoms with Gasteiger partial charge in [0.2, 0.25) is 0 Å². The third-order valence-electron chi connectivity index (χ3n) is 8.43. The number of primary amides is 1. The van der Waals surface area contributed by atoms with E-state index in [9.17, 15) is 13.2 Å². The van der Waals surface area contributed by atoms with Crippen molar-refractivity contribution in [3.8, 4) is 0 Å². The van der Waals surface area contributed by atoms with Crippen LogP contribution in [-0.4, -0.2) is 68.0 Å². The molecule has 41 heavy (non-hydrogen) atoms. The molecule has 1 aliphatic carbocycles. The highest BCUT2D eigenvalue weighted by atomic mass is 32.2. The number of likely N-dealkylation sites (tertiary alicyclic amines) is 1. The van der Waals surface area contributed by atoms with Gasteiger partial charge >= 0.3 is 6.03 Å². The van der Waals surface area contributed by atoms with Crippen LogP contribution in [-0.2, 0) is 10.0 Å². The van der Waals surface area contributed by atoms with Gasteiger partial charge in [0.25, 0.3) is 10.0 Å². The Hall–Kier alpha value is -3.23. The summed E-state index contributed by atoms with van der Waals surface area (Å²) in [6, 6.07) is 8.18. The van der Waals surface area contributed by atoms with Gasteiger partial charge in [0, 0.05) is 31.2 Å². The second-order valence-electron chi connectivity index (χ2n) is 10.8. The van der Waals surface area contributed by atoms with Crippen molar-refractivity contribution in [3.05, 3.63) is 53.4 Å². The molecule has 1 saturated heterocycles. The third-order valence-corrected chi connectivity index (χ3v) is 11.7. The summed E-state index contributed by atoms with van der Waals surface area (Å²) in [5.74, 6) is 1.58. The number of hydrogen-bond donors (Lipinski definition) is 1. The van der Waals surface area contributed by atoms with Crippen LogP contribution in [0.3, 0.4) is 0 Å². The Morgan fingerprint density at radius 2 is 1.93 bits per heavy atom. The first-order valence-corrected chi connectivity index (χ1v) is 16.7. The number of nitrogens with two attached hydrogens (primary N) is 1. The van der Waals surface area contributed by atoms with Crippen LogP contribution in [0.25, 0.3) is 11.0 Å². The monoisotopic (exact) mass is 612 g/mol. The fourth-order valence-corrected chi connectivity index (χ4v) is 9.16. The average Bonchev–Trinajstić information content (AvgIpc) is 3.59. The minimum Gasteiger partial charge on any atom is -0.356 e. The van der Waals surface area contributed by atoms with E-state index in [1.807, 2.05) is 14.0 Å². The minimum absolute atomic E-state index is 0.0769. The van der Waals surface area contributed by atoms with Gasteiger partial charge in [0.15, 0.2) is 10.8 Å². The lowest BCUT2D eigenvalue weighted by Gasteiger charge is -2.59. The second-order valence-corrected chi connectivity index (χ2v) is 14.6. The number of anilines is 1. The summed E-state index contributed by atoms with van der Waals surface area (Å²) in [4.78, 5) is 29.9. The topological polar surface area (TPSA) is 140 Å². The van der Waals surface area contributed by atoms with Crippen molar-refractivity contribution in [1.29, 1.82) is 0 Å². The van der Waals surface area contributed by atoms with Crippen LogP contribution in [0.4, 0.5) is 10.6 Å². The lowest BCUT2D eigenvalue weighted by molar-refractivity contribution is -0.0703. The highest BCUT2D eigenvalue weighted by molar-refractivity contribution is 7.99. The molecule has 4 heterocycles. The average molecular weight is 613 g/mol. The molecule has 1 aromatic carbocycles. The van der Waals surface area contributed by atoms with E-state index in [0.29, 0.717) is 23.4 Å². The number of nitrogens with zero attached hydrogens (tertiary/aromatic N) is 7. The van der Waals surface area contributed by atoms with Crippen LogP contribution in [0.2, 0.25) is 0 Å². The van der Waals surface area contributed by atoms with Crippen LogP contribution in [0.1, 0.15) is 49.2 Å². The summed E-state index contributed by atoms with van der Waals surface area (Å²) >= 11 is 2.95. The van der Waals surface area contributed by atoms with Crippen LogP contribution >= 0.6 is 23.3 Å². The lowest BCUT2D eigenvalue weighted by atomic mass is 9.62. The van der Waals surface area contributed by atoms with Crippen LogP contribution in [0.15, 0.2) is 52.9 Å². The van der Waals surface area contributed by atoms with Crippen LogP contribution in [0, 0.1) is 12.3 Å². The van der Waals surface area contributed by atoms with E-state index in [1.165, 1.54) is 21.8 Å². The minimum atomic E-state index is -3.81. The van der Waals surface area contributed by atoms with Gasteiger partial charge in [0.05, 0.1) is 16.3 Å². The number of aryl methyl sites for hydroxylation is 1. The molecular formula is C27H32N8O3S3. The molecule has 2 fully saturated rings. The molecule has 1 atom stereocenters. The lowest BCUT2D eigenvalue weighted by Crippen LogP contribution is -2.63. The summed E-state index contributed by atoms with van der Waals surface area (Å²) < 4.78 is 32.5. The van der Waals surface area contributed by atoms with Crippen molar-refractivity contribution in [2.24, 2.45) is 11.1 Å². The first kappa shape index (κ1) is 27.9. The van der Waals surface area contributed by atoms with Gasteiger partial charge in [-0.25, -0.2) is 32.1 Å². The molecule has 1 saturated carbocycles. The summed E-state index contributed by atoms with van der Waals surface area (Å²) in [5.41, 5.74) is 6.99. The Balaban J connectivity index is 1.23. The maximum atomic E-state index is 13.4. The molecular weight excluding hydrogens is 581 g/mol. The summed E-state index contributed by atoms with van der Waals surface area (Å²) in [6.07, 6.45) is 6.57. The number of carbonyl (C=O) groups excluding carboxylic acids is 1. The number of rotatable bonds is 7. The number of benzene rings is 1. The predicted molar refractivity (Wildman–Crippen MR) is 160 cm³/mol. The Labute approximate surface area is 247 Å². The van der Waals surface area contributed by atoms with Crippen molar-refractivity contribution < 1.29 is 13.2 Å². The fraction of sp³-hybridized carbons (Fsp3) is 0.444. The molecule has 3 aromatic heterocycles. The molecule has 2 amide bonds. The van der Waals surface area contributed by atoms with Gasteiger partial charge in [-0.1, -0.05) is 36.4 Å². The van der Waals surface area contributed by atoms with Crippen molar-refractivity contribution in [2.45, 2.75) is 61.7 Å². The molecule has 1 aliphatic heterocycles. The van der Waals surface area contributed by atoms with Gasteiger partial charge in [-0.2, -0.15) is 4.37 Å². The quantitative estimate of drug-likeness (QED) is 0.300. The van der Waals surface area contributed by atoms with E-state index in [1.54, 1.807) is 53.2 Å². The molecule has 2 N–H and O–H groups in total.